The predicted molar refractivity (Wildman–Crippen MR) is 67.9 cm³/mol. The first kappa shape index (κ1) is 14.5. The van der Waals surface area contributed by atoms with Crippen molar-refractivity contribution in [2.24, 2.45) is 5.92 Å². The maximum absolute atomic E-state index is 5.31. The van der Waals surface area contributed by atoms with Gasteiger partial charge in [0, 0.05) is 0 Å². The van der Waals surface area contributed by atoms with Crippen LogP contribution in [0.25, 0.3) is 0 Å². The van der Waals surface area contributed by atoms with E-state index in [4.69, 9.17) is 4.74 Å². The van der Waals surface area contributed by atoms with Crippen LogP contribution in [-0.2, 0) is 4.74 Å². The van der Waals surface area contributed by atoms with Crippen molar-refractivity contribution < 1.29 is 4.74 Å². The Hall–Kier alpha value is -0.460. The van der Waals surface area contributed by atoms with Crippen LogP contribution in [0.15, 0.2) is 12.8 Å². The summed E-state index contributed by atoms with van der Waals surface area (Å²) < 4.78 is 5.31. The van der Waals surface area contributed by atoms with Crippen molar-refractivity contribution in [3.8, 4) is 0 Å². The zero-order valence-electron chi connectivity index (χ0n) is 10.6. The van der Waals surface area contributed by atoms with Crippen molar-refractivity contribution in [2.45, 2.75) is 65.2 Å². The minimum Gasteiger partial charge on any atom is -0.502 e. The first-order valence-corrected chi connectivity index (χ1v) is 6.57. The Morgan fingerprint density at radius 2 is 1.67 bits per heavy atom. The minimum absolute atomic E-state index is 0.750. The normalized spacial score (nSPS) is 12.4. The molecule has 0 amide bonds. The van der Waals surface area contributed by atoms with Gasteiger partial charge in [-0.25, -0.2) is 0 Å². The van der Waals surface area contributed by atoms with Gasteiger partial charge in [-0.2, -0.15) is 0 Å². The number of rotatable bonds is 11. The van der Waals surface area contributed by atoms with Crippen molar-refractivity contribution in [1.82, 2.24) is 0 Å². The Kier molecular flexibility index (Phi) is 11.3. The third kappa shape index (κ3) is 9.84. The van der Waals surface area contributed by atoms with E-state index in [2.05, 4.69) is 20.4 Å². The molecule has 1 heteroatoms. The van der Waals surface area contributed by atoms with E-state index in [-0.39, 0.29) is 0 Å². The first-order valence-electron chi connectivity index (χ1n) is 6.57. The molecule has 0 aromatic heterocycles. The zero-order chi connectivity index (χ0) is 11.4. The molecule has 0 rings (SSSR count). The molecular formula is C14H28O. The number of hydrogen-bond acceptors (Lipinski definition) is 1. The van der Waals surface area contributed by atoms with Crippen LogP contribution in [0.3, 0.4) is 0 Å². The van der Waals surface area contributed by atoms with Crippen LogP contribution in [0.5, 0.6) is 0 Å². The van der Waals surface area contributed by atoms with Crippen LogP contribution in [0, 0.1) is 5.92 Å². The maximum atomic E-state index is 5.31. The lowest BCUT2D eigenvalue weighted by molar-refractivity contribution is 0.178. The number of unbranched alkanes of at least 4 members (excludes halogenated alkanes) is 4. The second-order valence-electron chi connectivity index (χ2n) is 4.36. The van der Waals surface area contributed by atoms with Crippen LogP contribution in [-0.4, -0.2) is 6.61 Å². The van der Waals surface area contributed by atoms with Crippen LogP contribution in [0.1, 0.15) is 65.2 Å². The van der Waals surface area contributed by atoms with Crippen LogP contribution >= 0.6 is 0 Å². The average Bonchev–Trinajstić information content (AvgIpc) is 2.27. The molecule has 0 N–H and O–H groups in total. The summed E-state index contributed by atoms with van der Waals surface area (Å²) >= 11 is 0. The molecule has 0 saturated carbocycles. The van der Waals surface area contributed by atoms with Gasteiger partial charge in [-0.1, -0.05) is 59.0 Å². The first-order chi connectivity index (χ1) is 7.35. The fourth-order valence-electron chi connectivity index (χ4n) is 1.87. The molecule has 0 spiro atoms. The van der Waals surface area contributed by atoms with Gasteiger partial charge in [0.25, 0.3) is 0 Å². The highest BCUT2D eigenvalue weighted by atomic mass is 16.5. The summed E-state index contributed by atoms with van der Waals surface area (Å²) in [5.74, 6) is 0.750. The third-order valence-electron chi connectivity index (χ3n) is 2.88. The summed E-state index contributed by atoms with van der Waals surface area (Å²) in [6, 6.07) is 0. The molecule has 0 aliphatic rings. The summed E-state index contributed by atoms with van der Waals surface area (Å²) in [6.45, 7) is 8.98. The van der Waals surface area contributed by atoms with Gasteiger partial charge in [0.15, 0.2) is 0 Å². The molecule has 1 nitrogen and oxygen atoms in total. The Bertz CT molecular complexity index is 131. The molecule has 0 bridgehead atoms. The molecule has 0 aromatic rings. The minimum atomic E-state index is 0.750. The Morgan fingerprint density at radius 1 is 1.00 bits per heavy atom. The fraction of sp³-hybridized carbons (Fsp3) is 0.857. The Morgan fingerprint density at radius 3 is 2.27 bits per heavy atom. The van der Waals surface area contributed by atoms with E-state index in [1.165, 1.54) is 51.4 Å². The molecule has 0 fully saturated rings. The Balaban J connectivity index is 3.53. The van der Waals surface area contributed by atoms with Crippen molar-refractivity contribution in [3.05, 3.63) is 12.8 Å². The molecule has 1 atom stereocenters. The lowest BCUT2D eigenvalue weighted by Gasteiger charge is -2.15. The van der Waals surface area contributed by atoms with Crippen molar-refractivity contribution in [3.63, 3.8) is 0 Å². The molecule has 0 radical (unpaired) electrons. The van der Waals surface area contributed by atoms with Gasteiger partial charge in [0.05, 0.1) is 12.9 Å². The van der Waals surface area contributed by atoms with Gasteiger partial charge in [-0.3, -0.25) is 0 Å². The van der Waals surface area contributed by atoms with Gasteiger partial charge >= 0.3 is 0 Å². The molecule has 0 saturated heterocycles. The molecule has 0 heterocycles. The topological polar surface area (TPSA) is 9.23 Å². The smallest absolute Gasteiger partial charge is 0.0901 e. The summed E-state index contributed by atoms with van der Waals surface area (Å²) in [4.78, 5) is 0. The predicted octanol–water partition coefficient (Wildman–Crippen LogP) is 4.92. The van der Waals surface area contributed by atoms with E-state index < -0.39 is 0 Å². The molecular weight excluding hydrogens is 184 g/mol. The quantitative estimate of drug-likeness (QED) is 0.349. The van der Waals surface area contributed by atoms with Crippen molar-refractivity contribution in [2.75, 3.05) is 6.61 Å². The highest BCUT2D eigenvalue weighted by molar-refractivity contribution is 4.61. The van der Waals surface area contributed by atoms with Crippen LogP contribution < -0.4 is 0 Å². The second kappa shape index (κ2) is 11.6. The third-order valence-corrected chi connectivity index (χ3v) is 2.88. The molecule has 0 aliphatic carbocycles. The van der Waals surface area contributed by atoms with Crippen molar-refractivity contribution >= 4 is 0 Å². The SMILES string of the molecule is C=COCC(CCCC)CCCCCC. The van der Waals surface area contributed by atoms with E-state index in [1.807, 2.05) is 0 Å². The lowest BCUT2D eigenvalue weighted by Crippen LogP contribution is -2.07. The van der Waals surface area contributed by atoms with Crippen LogP contribution in [0.4, 0.5) is 0 Å². The number of hydrogen-bond donors (Lipinski definition) is 0. The fourth-order valence-corrected chi connectivity index (χ4v) is 1.87. The molecule has 90 valence electrons. The van der Waals surface area contributed by atoms with Gasteiger partial charge in [0.2, 0.25) is 0 Å². The molecule has 0 aliphatic heterocycles. The maximum Gasteiger partial charge on any atom is 0.0901 e. The zero-order valence-corrected chi connectivity index (χ0v) is 10.6. The summed E-state index contributed by atoms with van der Waals surface area (Å²) in [6.07, 6.45) is 12.3. The van der Waals surface area contributed by atoms with Gasteiger partial charge < -0.3 is 4.74 Å². The summed E-state index contributed by atoms with van der Waals surface area (Å²) in [7, 11) is 0. The van der Waals surface area contributed by atoms with Gasteiger partial charge in [-0.05, 0) is 18.8 Å². The van der Waals surface area contributed by atoms with E-state index in [1.54, 1.807) is 6.26 Å². The molecule has 0 aromatic carbocycles. The van der Waals surface area contributed by atoms with Crippen molar-refractivity contribution in [1.29, 1.82) is 0 Å². The van der Waals surface area contributed by atoms with Gasteiger partial charge in [-0.15, -0.1) is 0 Å². The Labute approximate surface area is 95.9 Å². The van der Waals surface area contributed by atoms with E-state index >= 15 is 0 Å². The largest absolute Gasteiger partial charge is 0.502 e. The average molecular weight is 212 g/mol. The highest BCUT2D eigenvalue weighted by Gasteiger charge is 2.07. The standard InChI is InChI=1S/C14H28O/c1-4-7-9-10-12-14(11-8-5-2)13-15-6-3/h6,14H,3-5,7-13H2,1-2H3. The molecule has 1 unspecified atom stereocenters. The summed E-state index contributed by atoms with van der Waals surface area (Å²) in [5, 5.41) is 0. The molecule has 15 heavy (non-hydrogen) atoms. The van der Waals surface area contributed by atoms with Gasteiger partial charge in [0.1, 0.15) is 0 Å². The second-order valence-corrected chi connectivity index (χ2v) is 4.36. The summed E-state index contributed by atoms with van der Waals surface area (Å²) in [5.41, 5.74) is 0. The van der Waals surface area contributed by atoms with E-state index in [0.717, 1.165) is 12.5 Å². The number of ether oxygens (including phenoxy) is 1. The van der Waals surface area contributed by atoms with E-state index in [9.17, 15) is 0 Å². The van der Waals surface area contributed by atoms with E-state index in [0.29, 0.717) is 0 Å². The van der Waals surface area contributed by atoms with Crippen LogP contribution in [0.2, 0.25) is 0 Å². The lowest BCUT2D eigenvalue weighted by atomic mass is 9.96. The monoisotopic (exact) mass is 212 g/mol. The highest BCUT2D eigenvalue weighted by Crippen LogP contribution is 2.17.